The van der Waals surface area contributed by atoms with Gasteiger partial charge >= 0.3 is 5.97 Å². The molecule has 1 aliphatic rings. The third-order valence-corrected chi connectivity index (χ3v) is 4.10. The van der Waals surface area contributed by atoms with E-state index in [9.17, 15) is 9.90 Å². The summed E-state index contributed by atoms with van der Waals surface area (Å²) in [6.45, 7) is 8.88. The van der Waals surface area contributed by atoms with Crippen LogP contribution in [0.1, 0.15) is 53.4 Å². The SMILES string of the molecule is CCC[C@@H](C)C[C@@H](C)CC1COC(=O)C(C)C1O. The Balaban J connectivity index is 2.39. The van der Waals surface area contributed by atoms with Gasteiger partial charge < -0.3 is 9.84 Å². The third-order valence-electron chi connectivity index (χ3n) is 4.10. The van der Waals surface area contributed by atoms with Gasteiger partial charge in [-0.2, -0.15) is 0 Å². The zero-order valence-electron chi connectivity index (χ0n) is 12.2. The van der Waals surface area contributed by atoms with Crippen LogP contribution in [0.4, 0.5) is 0 Å². The minimum absolute atomic E-state index is 0.113. The molecule has 0 saturated carbocycles. The molecule has 1 aliphatic heterocycles. The van der Waals surface area contributed by atoms with Crippen LogP contribution in [-0.4, -0.2) is 23.8 Å². The second-order valence-electron chi connectivity index (χ2n) is 6.14. The van der Waals surface area contributed by atoms with Gasteiger partial charge in [0.1, 0.15) is 0 Å². The van der Waals surface area contributed by atoms with Crippen molar-refractivity contribution in [3.63, 3.8) is 0 Å². The van der Waals surface area contributed by atoms with E-state index < -0.39 is 6.10 Å². The lowest BCUT2D eigenvalue weighted by atomic mass is 9.81. The molecule has 0 spiro atoms. The number of carbonyl (C=O) groups is 1. The molecule has 1 fully saturated rings. The smallest absolute Gasteiger partial charge is 0.311 e. The summed E-state index contributed by atoms with van der Waals surface area (Å²) in [7, 11) is 0. The summed E-state index contributed by atoms with van der Waals surface area (Å²) in [4.78, 5) is 11.3. The van der Waals surface area contributed by atoms with E-state index in [2.05, 4.69) is 20.8 Å². The number of rotatable bonds is 6. The summed E-state index contributed by atoms with van der Waals surface area (Å²) in [6.07, 6.45) is 4.11. The lowest BCUT2D eigenvalue weighted by Crippen LogP contribution is -2.42. The molecular weight excluding hydrogens is 228 g/mol. The Morgan fingerprint density at radius 1 is 1.39 bits per heavy atom. The average molecular weight is 256 g/mol. The van der Waals surface area contributed by atoms with Crippen LogP contribution in [-0.2, 0) is 9.53 Å². The molecule has 1 N–H and O–H groups in total. The second-order valence-corrected chi connectivity index (χ2v) is 6.14. The van der Waals surface area contributed by atoms with Crippen LogP contribution in [0.25, 0.3) is 0 Å². The molecule has 0 bridgehead atoms. The highest BCUT2D eigenvalue weighted by atomic mass is 16.5. The molecule has 0 aliphatic carbocycles. The molecule has 0 radical (unpaired) electrons. The third kappa shape index (κ3) is 4.27. The lowest BCUT2D eigenvalue weighted by molar-refractivity contribution is -0.166. The molecule has 1 rings (SSSR count). The largest absolute Gasteiger partial charge is 0.465 e. The van der Waals surface area contributed by atoms with Crippen molar-refractivity contribution in [3.8, 4) is 0 Å². The fraction of sp³-hybridized carbons (Fsp3) is 0.933. The standard InChI is InChI=1S/C15H28O3/c1-5-6-10(2)7-11(3)8-13-9-18-15(17)12(4)14(13)16/h10-14,16H,5-9H2,1-4H3/t10-,11-,12?,13?,14?/m1/s1. The second kappa shape index (κ2) is 7.13. The highest BCUT2D eigenvalue weighted by Crippen LogP contribution is 2.29. The number of aliphatic hydroxyl groups is 1. The van der Waals surface area contributed by atoms with Gasteiger partial charge in [0.15, 0.2) is 0 Å². The summed E-state index contributed by atoms with van der Waals surface area (Å²) in [5.41, 5.74) is 0. The van der Waals surface area contributed by atoms with Crippen LogP contribution in [0.2, 0.25) is 0 Å². The summed E-state index contributed by atoms with van der Waals surface area (Å²) < 4.78 is 5.13. The molecule has 18 heavy (non-hydrogen) atoms. The Labute approximate surface area is 111 Å². The molecule has 1 heterocycles. The summed E-state index contributed by atoms with van der Waals surface area (Å²) in [5, 5.41) is 10.1. The van der Waals surface area contributed by atoms with E-state index in [1.165, 1.54) is 19.3 Å². The van der Waals surface area contributed by atoms with Crippen LogP contribution in [0.15, 0.2) is 0 Å². The summed E-state index contributed by atoms with van der Waals surface area (Å²) in [5.74, 6) is 0.803. The van der Waals surface area contributed by atoms with Crippen LogP contribution in [0.3, 0.4) is 0 Å². The number of hydrogen-bond donors (Lipinski definition) is 1. The zero-order chi connectivity index (χ0) is 13.7. The van der Waals surface area contributed by atoms with Gasteiger partial charge in [0, 0.05) is 5.92 Å². The van der Waals surface area contributed by atoms with Crippen LogP contribution < -0.4 is 0 Å². The maximum Gasteiger partial charge on any atom is 0.311 e. The maximum atomic E-state index is 11.3. The normalized spacial score (nSPS) is 31.8. The van der Waals surface area contributed by atoms with Crippen LogP contribution in [0.5, 0.6) is 0 Å². The predicted octanol–water partition coefficient (Wildman–Crippen LogP) is 3.01. The number of carbonyl (C=O) groups excluding carboxylic acids is 1. The predicted molar refractivity (Wildman–Crippen MR) is 72.1 cm³/mol. The van der Waals surface area contributed by atoms with Crippen LogP contribution >= 0.6 is 0 Å². The minimum Gasteiger partial charge on any atom is -0.465 e. The van der Waals surface area contributed by atoms with Gasteiger partial charge in [-0.3, -0.25) is 4.79 Å². The minimum atomic E-state index is -0.532. The van der Waals surface area contributed by atoms with Gasteiger partial charge in [-0.25, -0.2) is 0 Å². The zero-order valence-corrected chi connectivity index (χ0v) is 12.2. The Morgan fingerprint density at radius 2 is 2.06 bits per heavy atom. The van der Waals surface area contributed by atoms with Crippen molar-refractivity contribution in [3.05, 3.63) is 0 Å². The van der Waals surface area contributed by atoms with E-state index >= 15 is 0 Å². The van der Waals surface area contributed by atoms with Crippen molar-refractivity contribution in [2.75, 3.05) is 6.61 Å². The topological polar surface area (TPSA) is 46.5 Å². The average Bonchev–Trinajstić information content (AvgIpc) is 2.30. The highest BCUT2D eigenvalue weighted by Gasteiger charge is 2.36. The van der Waals surface area contributed by atoms with E-state index in [-0.39, 0.29) is 17.8 Å². The van der Waals surface area contributed by atoms with Gasteiger partial charge in [-0.15, -0.1) is 0 Å². The van der Waals surface area contributed by atoms with Crippen molar-refractivity contribution in [2.45, 2.75) is 59.5 Å². The first-order valence-corrected chi connectivity index (χ1v) is 7.30. The molecule has 3 unspecified atom stereocenters. The van der Waals surface area contributed by atoms with Gasteiger partial charge in [-0.05, 0) is 31.6 Å². The maximum absolute atomic E-state index is 11.3. The van der Waals surface area contributed by atoms with Crippen molar-refractivity contribution >= 4 is 5.97 Å². The molecular formula is C15H28O3. The molecule has 0 amide bonds. The molecule has 0 aromatic carbocycles. The number of esters is 1. The fourth-order valence-corrected chi connectivity index (χ4v) is 3.08. The van der Waals surface area contributed by atoms with E-state index in [0.29, 0.717) is 12.5 Å². The molecule has 0 aromatic heterocycles. The number of ether oxygens (including phenoxy) is 1. The number of cyclic esters (lactones) is 1. The monoisotopic (exact) mass is 256 g/mol. The molecule has 1 saturated heterocycles. The quantitative estimate of drug-likeness (QED) is 0.743. The van der Waals surface area contributed by atoms with Gasteiger partial charge in [0.25, 0.3) is 0 Å². The van der Waals surface area contributed by atoms with E-state index in [1.54, 1.807) is 6.92 Å². The van der Waals surface area contributed by atoms with Crippen molar-refractivity contribution in [1.82, 2.24) is 0 Å². The highest BCUT2D eigenvalue weighted by molar-refractivity contribution is 5.73. The summed E-state index contributed by atoms with van der Waals surface area (Å²) in [6, 6.07) is 0. The van der Waals surface area contributed by atoms with Crippen molar-refractivity contribution < 1.29 is 14.6 Å². The number of aliphatic hydroxyl groups excluding tert-OH is 1. The Morgan fingerprint density at radius 3 is 2.67 bits per heavy atom. The molecule has 5 atom stereocenters. The molecule has 3 nitrogen and oxygen atoms in total. The van der Waals surface area contributed by atoms with E-state index in [0.717, 1.165) is 12.3 Å². The Bertz CT molecular complexity index is 264. The molecule has 106 valence electrons. The van der Waals surface area contributed by atoms with Crippen molar-refractivity contribution in [1.29, 1.82) is 0 Å². The Hall–Kier alpha value is -0.570. The van der Waals surface area contributed by atoms with Gasteiger partial charge in [0.05, 0.1) is 18.6 Å². The molecule has 0 aromatic rings. The van der Waals surface area contributed by atoms with E-state index in [4.69, 9.17) is 4.74 Å². The number of hydrogen-bond acceptors (Lipinski definition) is 3. The first kappa shape index (κ1) is 15.5. The summed E-state index contributed by atoms with van der Waals surface area (Å²) >= 11 is 0. The fourth-order valence-electron chi connectivity index (χ4n) is 3.08. The van der Waals surface area contributed by atoms with Gasteiger partial charge in [0.2, 0.25) is 0 Å². The van der Waals surface area contributed by atoms with Crippen LogP contribution in [0, 0.1) is 23.7 Å². The lowest BCUT2D eigenvalue weighted by Gasteiger charge is -2.33. The van der Waals surface area contributed by atoms with E-state index in [1.807, 2.05) is 0 Å². The van der Waals surface area contributed by atoms with Crippen molar-refractivity contribution in [2.24, 2.45) is 23.7 Å². The Kier molecular flexibility index (Phi) is 6.13. The van der Waals surface area contributed by atoms with Gasteiger partial charge in [-0.1, -0.05) is 33.6 Å². The first-order chi connectivity index (χ1) is 8.45. The first-order valence-electron chi connectivity index (χ1n) is 7.30. The molecule has 3 heteroatoms.